The highest BCUT2D eigenvalue weighted by Gasteiger charge is 2.13. The molecule has 0 aliphatic carbocycles. The van der Waals surface area contributed by atoms with Crippen molar-refractivity contribution in [3.8, 4) is 11.6 Å². The molecule has 0 spiro atoms. The van der Waals surface area contributed by atoms with Crippen molar-refractivity contribution in [3.05, 3.63) is 23.9 Å². The molecule has 4 nitrogen and oxygen atoms in total. The third-order valence-electron chi connectivity index (χ3n) is 2.52. The first-order valence-corrected chi connectivity index (χ1v) is 5.47. The largest absolute Gasteiger partial charge is 0.452 e. The average Bonchev–Trinajstić information content (AvgIpc) is 2.76. The van der Waals surface area contributed by atoms with Gasteiger partial charge in [0.1, 0.15) is 0 Å². The minimum atomic E-state index is 0.234. The van der Waals surface area contributed by atoms with Crippen molar-refractivity contribution in [1.82, 2.24) is 4.98 Å². The van der Waals surface area contributed by atoms with E-state index in [1.54, 1.807) is 6.20 Å². The molecule has 0 fully saturated rings. The number of aromatic nitrogens is 1. The molecule has 2 rings (SSSR count). The van der Waals surface area contributed by atoms with Crippen LogP contribution in [0.1, 0.15) is 25.3 Å². The van der Waals surface area contributed by atoms with Crippen molar-refractivity contribution in [2.75, 3.05) is 6.79 Å². The van der Waals surface area contributed by atoms with Crippen LogP contribution in [0.3, 0.4) is 0 Å². The molecule has 2 heterocycles. The molecule has 0 saturated heterocycles. The number of nitrogens with two attached hydrogens (primary N) is 1. The van der Waals surface area contributed by atoms with E-state index in [-0.39, 0.29) is 12.8 Å². The van der Waals surface area contributed by atoms with Crippen molar-refractivity contribution in [3.63, 3.8) is 0 Å². The van der Waals surface area contributed by atoms with Crippen molar-refractivity contribution < 1.29 is 9.47 Å². The Labute approximate surface area is 95.1 Å². The summed E-state index contributed by atoms with van der Waals surface area (Å²) in [5.74, 6) is 1.28. The molecule has 2 N–H and O–H groups in total. The molecule has 0 bridgehead atoms. The van der Waals surface area contributed by atoms with Gasteiger partial charge in [-0.1, -0.05) is 19.1 Å². The van der Waals surface area contributed by atoms with Crippen molar-refractivity contribution in [2.45, 2.75) is 25.8 Å². The molecule has 0 amide bonds. The van der Waals surface area contributed by atoms with Gasteiger partial charge in [0.05, 0.1) is 0 Å². The van der Waals surface area contributed by atoms with E-state index in [1.165, 1.54) is 0 Å². The molecular weight excluding hydrogens is 204 g/mol. The van der Waals surface area contributed by atoms with Gasteiger partial charge in [-0.15, -0.1) is 0 Å². The van der Waals surface area contributed by atoms with Gasteiger partial charge >= 0.3 is 0 Å². The van der Waals surface area contributed by atoms with Crippen LogP contribution in [-0.2, 0) is 0 Å². The fraction of sp³-hybridized carbons (Fsp3) is 0.417. The van der Waals surface area contributed by atoms with E-state index in [4.69, 9.17) is 15.2 Å². The van der Waals surface area contributed by atoms with Gasteiger partial charge in [0, 0.05) is 12.2 Å². The third kappa shape index (κ3) is 2.52. The molecule has 1 aromatic rings. The molecule has 1 aromatic heterocycles. The van der Waals surface area contributed by atoms with Crippen LogP contribution >= 0.6 is 0 Å². The van der Waals surface area contributed by atoms with Gasteiger partial charge in [-0.25, -0.2) is 4.98 Å². The van der Waals surface area contributed by atoms with Gasteiger partial charge in [0.2, 0.25) is 6.79 Å². The number of fused-ring (bicyclic) bond motifs is 1. The Kier molecular flexibility index (Phi) is 3.41. The van der Waals surface area contributed by atoms with Crippen molar-refractivity contribution >= 4 is 6.08 Å². The minimum absolute atomic E-state index is 0.234. The molecule has 0 aromatic carbocycles. The molecule has 1 aliphatic heterocycles. The lowest BCUT2D eigenvalue weighted by Crippen LogP contribution is -2.16. The van der Waals surface area contributed by atoms with Crippen LogP contribution in [-0.4, -0.2) is 17.8 Å². The van der Waals surface area contributed by atoms with E-state index in [9.17, 15) is 0 Å². The summed E-state index contributed by atoms with van der Waals surface area (Å²) in [5.41, 5.74) is 6.82. The highest BCUT2D eigenvalue weighted by molar-refractivity contribution is 5.53. The maximum Gasteiger partial charge on any atom is 0.260 e. The summed E-state index contributed by atoms with van der Waals surface area (Å²) in [6, 6.07) is 2.15. The molecule has 1 unspecified atom stereocenters. The lowest BCUT2D eigenvalue weighted by molar-refractivity contribution is 0.171. The van der Waals surface area contributed by atoms with Crippen molar-refractivity contribution in [1.29, 1.82) is 0 Å². The van der Waals surface area contributed by atoms with E-state index in [0.717, 1.165) is 18.4 Å². The third-order valence-corrected chi connectivity index (χ3v) is 2.52. The number of nitrogens with zero attached hydrogens (tertiary/aromatic N) is 1. The zero-order valence-corrected chi connectivity index (χ0v) is 9.35. The number of pyridine rings is 1. The van der Waals surface area contributed by atoms with Crippen LogP contribution in [0.5, 0.6) is 11.6 Å². The summed E-state index contributed by atoms with van der Waals surface area (Å²) in [7, 11) is 0. The SMILES string of the molecule is CCC(N)CC=Cc1cnc2c(c1)OCO2. The Morgan fingerprint density at radius 2 is 2.44 bits per heavy atom. The second-order valence-corrected chi connectivity index (χ2v) is 3.78. The summed E-state index contributed by atoms with van der Waals surface area (Å²) in [5, 5.41) is 0. The van der Waals surface area contributed by atoms with Crippen LogP contribution < -0.4 is 15.2 Å². The Morgan fingerprint density at radius 3 is 3.25 bits per heavy atom. The fourth-order valence-electron chi connectivity index (χ4n) is 1.44. The number of ether oxygens (including phenoxy) is 2. The highest BCUT2D eigenvalue weighted by Crippen LogP contribution is 2.30. The summed E-state index contributed by atoms with van der Waals surface area (Å²) in [6.07, 6.45) is 7.70. The number of hydrogen-bond donors (Lipinski definition) is 1. The van der Waals surface area contributed by atoms with E-state index in [1.807, 2.05) is 12.1 Å². The standard InChI is InChI=1S/C12H16N2O2/c1-2-10(13)5-3-4-9-6-11-12(14-7-9)16-8-15-11/h3-4,6-7,10H,2,5,8,13H2,1H3. The Morgan fingerprint density at radius 1 is 1.56 bits per heavy atom. The molecular formula is C12H16N2O2. The Hall–Kier alpha value is -1.55. The highest BCUT2D eigenvalue weighted by atomic mass is 16.7. The average molecular weight is 220 g/mol. The lowest BCUT2D eigenvalue weighted by atomic mass is 10.1. The Bertz CT molecular complexity index is 391. The lowest BCUT2D eigenvalue weighted by Gasteiger charge is -2.03. The maximum atomic E-state index is 5.82. The molecule has 86 valence electrons. The summed E-state index contributed by atoms with van der Waals surface area (Å²) in [6.45, 7) is 2.34. The minimum Gasteiger partial charge on any atom is -0.452 e. The maximum absolute atomic E-state index is 5.82. The van der Waals surface area contributed by atoms with E-state index in [2.05, 4.69) is 18.0 Å². The predicted molar refractivity (Wildman–Crippen MR) is 62.3 cm³/mol. The van der Waals surface area contributed by atoms with Gasteiger partial charge < -0.3 is 15.2 Å². The Balaban J connectivity index is 2.00. The fourth-order valence-corrected chi connectivity index (χ4v) is 1.44. The van der Waals surface area contributed by atoms with Crippen LogP contribution in [0.15, 0.2) is 18.3 Å². The number of hydrogen-bond acceptors (Lipinski definition) is 4. The van der Waals surface area contributed by atoms with E-state index in [0.29, 0.717) is 11.6 Å². The first-order valence-electron chi connectivity index (χ1n) is 5.47. The topological polar surface area (TPSA) is 57.4 Å². The molecule has 0 radical (unpaired) electrons. The summed E-state index contributed by atoms with van der Waals surface area (Å²) >= 11 is 0. The predicted octanol–water partition coefficient (Wildman–Crippen LogP) is 1.95. The smallest absolute Gasteiger partial charge is 0.260 e. The quantitative estimate of drug-likeness (QED) is 0.842. The van der Waals surface area contributed by atoms with Crippen LogP contribution in [0.25, 0.3) is 6.08 Å². The van der Waals surface area contributed by atoms with E-state index >= 15 is 0 Å². The molecule has 4 heteroatoms. The second-order valence-electron chi connectivity index (χ2n) is 3.78. The van der Waals surface area contributed by atoms with Gasteiger partial charge in [0.25, 0.3) is 5.88 Å². The van der Waals surface area contributed by atoms with Crippen LogP contribution in [0.4, 0.5) is 0 Å². The van der Waals surface area contributed by atoms with Gasteiger partial charge in [-0.3, -0.25) is 0 Å². The van der Waals surface area contributed by atoms with Crippen LogP contribution in [0, 0.1) is 0 Å². The van der Waals surface area contributed by atoms with E-state index < -0.39 is 0 Å². The molecule has 16 heavy (non-hydrogen) atoms. The first-order chi connectivity index (χ1) is 7.79. The summed E-state index contributed by atoms with van der Waals surface area (Å²) in [4.78, 5) is 4.15. The second kappa shape index (κ2) is 4.99. The zero-order chi connectivity index (χ0) is 11.4. The monoisotopic (exact) mass is 220 g/mol. The molecule has 0 saturated carbocycles. The zero-order valence-electron chi connectivity index (χ0n) is 9.35. The van der Waals surface area contributed by atoms with Crippen molar-refractivity contribution in [2.24, 2.45) is 5.73 Å². The molecule has 1 aliphatic rings. The van der Waals surface area contributed by atoms with Gasteiger partial charge in [-0.2, -0.15) is 0 Å². The van der Waals surface area contributed by atoms with Gasteiger partial charge in [-0.05, 0) is 24.5 Å². The normalized spacial score (nSPS) is 15.6. The van der Waals surface area contributed by atoms with Crippen LogP contribution in [0.2, 0.25) is 0 Å². The van der Waals surface area contributed by atoms with Gasteiger partial charge in [0.15, 0.2) is 5.75 Å². The number of rotatable bonds is 4. The summed E-state index contributed by atoms with van der Waals surface area (Å²) < 4.78 is 10.4. The first kappa shape index (κ1) is 11.0. The molecule has 1 atom stereocenters.